The molecule has 2 aliphatic rings. The van der Waals surface area contributed by atoms with Gasteiger partial charge < -0.3 is 15.3 Å². The minimum Gasteiger partial charge on any atom is -0.481 e. The summed E-state index contributed by atoms with van der Waals surface area (Å²) in [6.07, 6.45) is 2.76. The number of carboxylic acid groups (broad SMARTS) is 1. The molecular formula is C16H22N4O4. The zero-order valence-electron chi connectivity index (χ0n) is 13.6. The maximum absolute atomic E-state index is 11.8. The topological polar surface area (TPSA) is 112 Å². The maximum atomic E-state index is 11.8. The first-order valence-corrected chi connectivity index (χ1v) is 7.92. The summed E-state index contributed by atoms with van der Waals surface area (Å²) >= 11 is 0. The number of rotatable bonds is 2. The van der Waals surface area contributed by atoms with Gasteiger partial charge in [-0.15, -0.1) is 0 Å². The Morgan fingerprint density at radius 3 is 2.50 bits per heavy atom. The first-order valence-electron chi connectivity index (χ1n) is 7.92. The van der Waals surface area contributed by atoms with E-state index >= 15 is 0 Å². The van der Waals surface area contributed by atoms with Crippen molar-refractivity contribution in [1.82, 2.24) is 15.6 Å². The van der Waals surface area contributed by atoms with Crippen molar-refractivity contribution in [3.63, 3.8) is 0 Å². The number of piperidine rings is 1. The molecule has 2 aliphatic heterocycles. The summed E-state index contributed by atoms with van der Waals surface area (Å²) < 4.78 is 0. The molecule has 1 aromatic rings. The van der Waals surface area contributed by atoms with Gasteiger partial charge in [0, 0.05) is 39.5 Å². The Balaban J connectivity index is 0.000000471. The number of nitrogens with zero attached hydrogens (tertiary/aromatic N) is 2. The van der Waals surface area contributed by atoms with Crippen LogP contribution < -0.4 is 15.5 Å². The van der Waals surface area contributed by atoms with E-state index in [1.807, 2.05) is 18.3 Å². The van der Waals surface area contributed by atoms with Gasteiger partial charge in [0.05, 0.1) is 23.5 Å². The van der Waals surface area contributed by atoms with Crippen LogP contribution in [-0.2, 0) is 14.4 Å². The number of carbonyl (C=O) groups excluding carboxylic acids is 2. The monoisotopic (exact) mass is 334 g/mol. The van der Waals surface area contributed by atoms with Crippen molar-refractivity contribution in [1.29, 1.82) is 0 Å². The number of carboxylic acids is 1. The fourth-order valence-corrected chi connectivity index (χ4v) is 2.69. The lowest BCUT2D eigenvalue weighted by molar-refractivity contribution is -0.135. The summed E-state index contributed by atoms with van der Waals surface area (Å²) in [6.45, 7) is 4.99. The average Bonchev–Trinajstić information content (AvgIpc) is 2.55. The number of amides is 2. The Labute approximate surface area is 140 Å². The zero-order valence-corrected chi connectivity index (χ0v) is 13.6. The summed E-state index contributed by atoms with van der Waals surface area (Å²) in [5.74, 6) is -1.56. The molecule has 8 nitrogen and oxygen atoms in total. The molecule has 1 unspecified atom stereocenters. The van der Waals surface area contributed by atoms with Crippen molar-refractivity contribution in [2.75, 3.05) is 31.1 Å². The fourth-order valence-electron chi connectivity index (χ4n) is 2.69. The van der Waals surface area contributed by atoms with Crippen molar-refractivity contribution < 1.29 is 19.5 Å². The van der Waals surface area contributed by atoms with Gasteiger partial charge in [0.15, 0.2) is 0 Å². The van der Waals surface area contributed by atoms with Crippen LogP contribution in [0.15, 0.2) is 18.3 Å². The summed E-state index contributed by atoms with van der Waals surface area (Å²) in [5.41, 5.74) is 1.83. The summed E-state index contributed by atoms with van der Waals surface area (Å²) in [5, 5.41) is 13.1. The van der Waals surface area contributed by atoms with E-state index in [1.54, 1.807) is 0 Å². The second kappa shape index (κ2) is 8.39. The van der Waals surface area contributed by atoms with Crippen molar-refractivity contribution >= 4 is 23.5 Å². The standard InChI is InChI=1S/C14H18N4O2.C2H4O2/c19-13-4-2-11(14(20)17-13)12-3-1-10(9-16-12)18-7-5-15-6-8-18;1-2(3)4/h1,3,9,11,15H,2,4-8H2,(H,17,19,20);1H3,(H,3,4). The molecule has 0 radical (unpaired) electrons. The van der Waals surface area contributed by atoms with E-state index in [0.717, 1.165) is 44.5 Å². The van der Waals surface area contributed by atoms with Crippen LogP contribution in [0.4, 0.5) is 5.69 Å². The molecule has 8 heteroatoms. The number of hydrogen-bond acceptors (Lipinski definition) is 6. The molecule has 0 spiro atoms. The molecule has 1 atom stereocenters. The smallest absolute Gasteiger partial charge is 0.300 e. The van der Waals surface area contributed by atoms with Gasteiger partial charge in [-0.05, 0) is 18.6 Å². The molecule has 2 saturated heterocycles. The lowest BCUT2D eigenvalue weighted by atomic mass is 9.94. The predicted octanol–water partition coefficient (Wildman–Crippen LogP) is 0.102. The van der Waals surface area contributed by atoms with E-state index in [0.29, 0.717) is 12.8 Å². The number of aliphatic carboxylic acids is 1. The Hall–Kier alpha value is -2.48. The fraction of sp³-hybridized carbons (Fsp3) is 0.500. The molecule has 0 bridgehead atoms. The summed E-state index contributed by atoms with van der Waals surface area (Å²) in [6, 6.07) is 3.91. The van der Waals surface area contributed by atoms with Crippen LogP contribution in [0.5, 0.6) is 0 Å². The van der Waals surface area contributed by atoms with Gasteiger partial charge in [-0.3, -0.25) is 24.7 Å². The summed E-state index contributed by atoms with van der Waals surface area (Å²) in [7, 11) is 0. The third kappa shape index (κ3) is 5.02. The molecule has 0 aliphatic carbocycles. The predicted molar refractivity (Wildman–Crippen MR) is 87.8 cm³/mol. The van der Waals surface area contributed by atoms with E-state index in [-0.39, 0.29) is 17.7 Å². The molecule has 2 fully saturated rings. The second-order valence-electron chi connectivity index (χ2n) is 5.70. The second-order valence-corrected chi connectivity index (χ2v) is 5.70. The number of imide groups is 1. The maximum Gasteiger partial charge on any atom is 0.300 e. The van der Waals surface area contributed by atoms with Crippen LogP contribution in [0, 0.1) is 0 Å². The summed E-state index contributed by atoms with van der Waals surface area (Å²) in [4.78, 5) is 38.6. The van der Waals surface area contributed by atoms with Gasteiger partial charge in [-0.1, -0.05) is 0 Å². The largest absolute Gasteiger partial charge is 0.481 e. The Morgan fingerprint density at radius 1 is 1.29 bits per heavy atom. The van der Waals surface area contributed by atoms with Gasteiger partial charge in [-0.2, -0.15) is 0 Å². The number of hydrogen-bond donors (Lipinski definition) is 3. The van der Waals surface area contributed by atoms with Crippen LogP contribution in [0.25, 0.3) is 0 Å². The van der Waals surface area contributed by atoms with E-state index < -0.39 is 5.97 Å². The normalized spacial score (nSPS) is 20.7. The molecule has 3 N–H and O–H groups in total. The van der Waals surface area contributed by atoms with Crippen LogP contribution in [-0.4, -0.2) is 54.1 Å². The van der Waals surface area contributed by atoms with Crippen LogP contribution in [0.2, 0.25) is 0 Å². The molecule has 3 rings (SSSR count). The zero-order chi connectivity index (χ0) is 17.5. The molecule has 2 amide bonds. The Morgan fingerprint density at radius 2 is 1.96 bits per heavy atom. The van der Waals surface area contributed by atoms with E-state index in [4.69, 9.17) is 9.90 Å². The van der Waals surface area contributed by atoms with Crippen molar-refractivity contribution in [3.05, 3.63) is 24.0 Å². The van der Waals surface area contributed by atoms with E-state index in [1.165, 1.54) is 0 Å². The van der Waals surface area contributed by atoms with Gasteiger partial charge in [0.25, 0.3) is 5.97 Å². The third-order valence-electron chi connectivity index (χ3n) is 3.85. The molecule has 0 saturated carbocycles. The number of piperazine rings is 1. The Kier molecular flexibility index (Phi) is 6.25. The number of nitrogens with one attached hydrogen (secondary N) is 2. The lowest BCUT2D eigenvalue weighted by Gasteiger charge is -2.29. The van der Waals surface area contributed by atoms with Crippen LogP contribution in [0.3, 0.4) is 0 Å². The van der Waals surface area contributed by atoms with E-state index in [2.05, 4.69) is 20.5 Å². The first-order chi connectivity index (χ1) is 11.5. The highest BCUT2D eigenvalue weighted by Crippen LogP contribution is 2.24. The van der Waals surface area contributed by atoms with Crippen molar-refractivity contribution in [2.24, 2.45) is 0 Å². The van der Waals surface area contributed by atoms with Crippen molar-refractivity contribution in [3.8, 4) is 0 Å². The first kappa shape index (κ1) is 17.9. The highest BCUT2D eigenvalue weighted by atomic mass is 16.4. The van der Waals surface area contributed by atoms with Gasteiger partial charge in [0.2, 0.25) is 11.8 Å². The van der Waals surface area contributed by atoms with Crippen molar-refractivity contribution in [2.45, 2.75) is 25.7 Å². The quantitative estimate of drug-likeness (QED) is 0.658. The molecule has 130 valence electrons. The lowest BCUT2D eigenvalue weighted by Crippen LogP contribution is -2.43. The molecule has 3 heterocycles. The molecular weight excluding hydrogens is 312 g/mol. The number of anilines is 1. The van der Waals surface area contributed by atoms with Gasteiger partial charge in [-0.25, -0.2) is 0 Å². The van der Waals surface area contributed by atoms with E-state index in [9.17, 15) is 9.59 Å². The molecule has 24 heavy (non-hydrogen) atoms. The SMILES string of the molecule is CC(=O)O.O=C1CCC(c2ccc(N3CCNCC3)cn2)C(=O)N1. The minimum absolute atomic E-state index is 0.191. The molecule has 1 aromatic heterocycles. The Bertz CT molecular complexity index is 593. The number of carbonyl (C=O) groups is 3. The highest BCUT2D eigenvalue weighted by Gasteiger charge is 2.28. The van der Waals surface area contributed by atoms with Gasteiger partial charge in [0.1, 0.15) is 0 Å². The highest BCUT2D eigenvalue weighted by molar-refractivity contribution is 6.00. The molecule has 0 aromatic carbocycles. The average molecular weight is 334 g/mol. The number of aromatic nitrogens is 1. The third-order valence-corrected chi connectivity index (χ3v) is 3.85. The van der Waals surface area contributed by atoms with Crippen LogP contribution in [0.1, 0.15) is 31.4 Å². The minimum atomic E-state index is -0.833. The van der Waals surface area contributed by atoms with Crippen LogP contribution >= 0.6 is 0 Å². The number of pyridine rings is 1. The van der Waals surface area contributed by atoms with Gasteiger partial charge >= 0.3 is 0 Å².